The number of hydrogen-bond acceptors (Lipinski definition) is 2. The Labute approximate surface area is 81.7 Å². The third-order valence-electron chi connectivity index (χ3n) is 2.24. The fourth-order valence-electron chi connectivity index (χ4n) is 1.55. The maximum Gasteiger partial charge on any atom is 0.417 e. The molecule has 0 bridgehead atoms. The van der Waals surface area contributed by atoms with Gasteiger partial charge in [-0.3, -0.25) is 4.98 Å². The van der Waals surface area contributed by atoms with Crippen LogP contribution in [0, 0.1) is 6.92 Å². The molecule has 0 aliphatic rings. The number of hydrogen-bond donors (Lipinski definition) is 1. The SMILES string of the molecule is [CH2]CCCc1cccc2oc(=O)[nH]c12. The van der Waals surface area contributed by atoms with E-state index in [1.54, 1.807) is 6.07 Å². The van der Waals surface area contributed by atoms with Gasteiger partial charge in [0, 0.05) is 0 Å². The zero-order valence-electron chi connectivity index (χ0n) is 7.88. The lowest BCUT2D eigenvalue weighted by molar-refractivity contribution is 0.555. The molecule has 2 aromatic rings. The lowest BCUT2D eigenvalue weighted by Gasteiger charge is -1.99. The first kappa shape index (κ1) is 9.06. The van der Waals surface area contributed by atoms with Crippen molar-refractivity contribution in [3.63, 3.8) is 0 Å². The summed E-state index contributed by atoms with van der Waals surface area (Å²) in [6, 6.07) is 5.70. The van der Waals surface area contributed by atoms with Crippen LogP contribution in [0.5, 0.6) is 0 Å². The molecule has 1 radical (unpaired) electrons. The molecule has 1 N–H and O–H groups in total. The standard InChI is InChI=1S/C11H12NO2/c1-2-3-5-8-6-4-7-9-10(8)12-11(13)14-9/h4,6-7H,1-3,5H2,(H,12,13). The van der Waals surface area contributed by atoms with Crippen molar-refractivity contribution in [1.82, 2.24) is 4.98 Å². The van der Waals surface area contributed by atoms with Gasteiger partial charge in [0.25, 0.3) is 0 Å². The minimum absolute atomic E-state index is 0.387. The fraction of sp³-hybridized carbons (Fsp3) is 0.273. The zero-order valence-corrected chi connectivity index (χ0v) is 7.88. The summed E-state index contributed by atoms with van der Waals surface area (Å²) in [7, 11) is 0. The van der Waals surface area contributed by atoms with Crippen LogP contribution in [-0.2, 0) is 6.42 Å². The molecular formula is C11H12NO2. The van der Waals surface area contributed by atoms with Crippen molar-refractivity contribution in [2.24, 2.45) is 0 Å². The van der Waals surface area contributed by atoms with Gasteiger partial charge in [-0.05, 0) is 24.5 Å². The van der Waals surface area contributed by atoms with Crippen LogP contribution in [0.2, 0.25) is 0 Å². The number of aromatic nitrogens is 1. The molecule has 1 aromatic heterocycles. The lowest BCUT2D eigenvalue weighted by Crippen LogP contribution is -1.94. The van der Waals surface area contributed by atoms with Crippen molar-refractivity contribution in [3.8, 4) is 0 Å². The van der Waals surface area contributed by atoms with E-state index in [2.05, 4.69) is 11.9 Å². The van der Waals surface area contributed by atoms with Gasteiger partial charge in [-0.1, -0.05) is 25.5 Å². The zero-order chi connectivity index (χ0) is 9.97. The van der Waals surface area contributed by atoms with Crippen molar-refractivity contribution in [1.29, 1.82) is 0 Å². The van der Waals surface area contributed by atoms with Crippen LogP contribution in [0.3, 0.4) is 0 Å². The van der Waals surface area contributed by atoms with E-state index < -0.39 is 0 Å². The quantitative estimate of drug-likeness (QED) is 0.807. The minimum Gasteiger partial charge on any atom is -0.408 e. The summed E-state index contributed by atoms with van der Waals surface area (Å²) in [6.45, 7) is 3.79. The number of fused-ring (bicyclic) bond motifs is 1. The highest BCUT2D eigenvalue weighted by Crippen LogP contribution is 2.16. The number of oxazole rings is 1. The summed E-state index contributed by atoms with van der Waals surface area (Å²) >= 11 is 0. The van der Waals surface area contributed by atoms with E-state index in [-0.39, 0.29) is 5.76 Å². The minimum atomic E-state index is -0.387. The van der Waals surface area contributed by atoms with E-state index in [1.165, 1.54) is 0 Å². The van der Waals surface area contributed by atoms with E-state index in [1.807, 2.05) is 12.1 Å². The Bertz CT molecular complexity index is 481. The highest BCUT2D eigenvalue weighted by Gasteiger charge is 2.04. The van der Waals surface area contributed by atoms with Gasteiger partial charge in [-0.2, -0.15) is 0 Å². The number of rotatable bonds is 3. The first-order chi connectivity index (χ1) is 6.81. The van der Waals surface area contributed by atoms with E-state index in [0.717, 1.165) is 30.3 Å². The van der Waals surface area contributed by atoms with Gasteiger partial charge < -0.3 is 4.42 Å². The number of H-pyrrole nitrogens is 1. The smallest absolute Gasteiger partial charge is 0.408 e. The average Bonchev–Trinajstić information content (AvgIpc) is 2.55. The second-order valence-corrected chi connectivity index (χ2v) is 3.26. The number of aryl methyl sites for hydroxylation is 1. The number of para-hydroxylation sites is 1. The van der Waals surface area contributed by atoms with Crippen LogP contribution in [0.25, 0.3) is 11.1 Å². The molecule has 0 spiro atoms. The summed E-state index contributed by atoms with van der Waals surface area (Å²) in [5.74, 6) is -0.387. The number of unbranched alkanes of at least 4 members (excludes halogenated alkanes) is 1. The predicted octanol–water partition coefficient (Wildman–Crippen LogP) is 2.28. The number of aromatic amines is 1. The van der Waals surface area contributed by atoms with E-state index in [0.29, 0.717) is 5.58 Å². The molecule has 1 heterocycles. The molecule has 0 amide bonds. The summed E-state index contributed by atoms with van der Waals surface area (Å²) in [6.07, 6.45) is 2.85. The Morgan fingerprint density at radius 3 is 3.07 bits per heavy atom. The Hall–Kier alpha value is -1.51. The Morgan fingerprint density at radius 1 is 1.43 bits per heavy atom. The fourth-order valence-corrected chi connectivity index (χ4v) is 1.55. The molecule has 3 nitrogen and oxygen atoms in total. The Balaban J connectivity index is 2.47. The van der Waals surface area contributed by atoms with Crippen LogP contribution in [-0.4, -0.2) is 4.98 Å². The summed E-state index contributed by atoms with van der Waals surface area (Å²) in [4.78, 5) is 13.7. The van der Waals surface area contributed by atoms with Crippen molar-refractivity contribution in [2.45, 2.75) is 19.3 Å². The monoisotopic (exact) mass is 190 g/mol. The Morgan fingerprint density at radius 2 is 2.29 bits per heavy atom. The predicted molar refractivity (Wildman–Crippen MR) is 55.1 cm³/mol. The van der Waals surface area contributed by atoms with Gasteiger partial charge >= 0.3 is 5.76 Å². The van der Waals surface area contributed by atoms with Gasteiger partial charge in [0.2, 0.25) is 0 Å². The van der Waals surface area contributed by atoms with Gasteiger partial charge in [0.05, 0.1) is 5.52 Å². The molecule has 1 aromatic carbocycles. The number of nitrogens with one attached hydrogen (secondary N) is 1. The summed E-state index contributed by atoms with van der Waals surface area (Å²) in [5.41, 5.74) is 2.58. The molecular weight excluding hydrogens is 178 g/mol. The molecule has 73 valence electrons. The maximum absolute atomic E-state index is 11.0. The third-order valence-corrected chi connectivity index (χ3v) is 2.24. The Kier molecular flexibility index (Phi) is 2.39. The van der Waals surface area contributed by atoms with Gasteiger partial charge in [-0.15, -0.1) is 0 Å². The van der Waals surface area contributed by atoms with Crippen molar-refractivity contribution >= 4 is 11.1 Å². The summed E-state index contributed by atoms with van der Waals surface area (Å²) in [5, 5.41) is 0. The van der Waals surface area contributed by atoms with Crippen LogP contribution in [0.4, 0.5) is 0 Å². The third kappa shape index (κ3) is 1.58. The topological polar surface area (TPSA) is 46.0 Å². The first-order valence-corrected chi connectivity index (χ1v) is 4.71. The van der Waals surface area contributed by atoms with E-state index in [4.69, 9.17) is 4.42 Å². The molecule has 3 heteroatoms. The van der Waals surface area contributed by atoms with E-state index in [9.17, 15) is 4.79 Å². The largest absolute Gasteiger partial charge is 0.417 e. The first-order valence-electron chi connectivity index (χ1n) is 4.71. The van der Waals surface area contributed by atoms with Crippen LogP contribution in [0.15, 0.2) is 27.4 Å². The van der Waals surface area contributed by atoms with Crippen LogP contribution < -0.4 is 5.76 Å². The average molecular weight is 190 g/mol. The second kappa shape index (κ2) is 3.70. The van der Waals surface area contributed by atoms with Gasteiger partial charge in [0.1, 0.15) is 0 Å². The van der Waals surface area contributed by atoms with Gasteiger partial charge in [-0.25, -0.2) is 4.79 Å². The highest BCUT2D eigenvalue weighted by molar-refractivity contribution is 5.75. The second-order valence-electron chi connectivity index (χ2n) is 3.26. The van der Waals surface area contributed by atoms with E-state index >= 15 is 0 Å². The molecule has 0 atom stereocenters. The van der Waals surface area contributed by atoms with Crippen molar-refractivity contribution in [3.05, 3.63) is 41.2 Å². The molecule has 0 unspecified atom stereocenters. The molecule has 0 aliphatic heterocycles. The molecule has 14 heavy (non-hydrogen) atoms. The van der Waals surface area contributed by atoms with Crippen molar-refractivity contribution in [2.75, 3.05) is 0 Å². The molecule has 0 aliphatic carbocycles. The normalized spacial score (nSPS) is 10.9. The van der Waals surface area contributed by atoms with Crippen LogP contribution in [0.1, 0.15) is 18.4 Å². The summed E-state index contributed by atoms with van der Waals surface area (Å²) < 4.78 is 4.96. The highest BCUT2D eigenvalue weighted by atomic mass is 16.4. The van der Waals surface area contributed by atoms with Crippen LogP contribution >= 0.6 is 0 Å². The maximum atomic E-state index is 11.0. The number of benzene rings is 1. The molecule has 2 rings (SSSR count). The lowest BCUT2D eigenvalue weighted by atomic mass is 10.1. The molecule has 0 fully saturated rings. The molecule has 0 saturated carbocycles. The van der Waals surface area contributed by atoms with Crippen molar-refractivity contribution < 1.29 is 4.42 Å². The molecule has 0 saturated heterocycles. The van der Waals surface area contributed by atoms with Gasteiger partial charge in [0.15, 0.2) is 5.58 Å².